The maximum absolute atomic E-state index is 11.8. The van der Waals surface area contributed by atoms with Crippen molar-refractivity contribution < 1.29 is 8.42 Å². The fourth-order valence-corrected chi connectivity index (χ4v) is 3.67. The normalized spacial score (nSPS) is 26.9. The van der Waals surface area contributed by atoms with Crippen molar-refractivity contribution in [3.8, 4) is 0 Å². The molecule has 0 heterocycles. The monoisotopic (exact) mass is 248 g/mol. The predicted molar refractivity (Wildman–Crippen MR) is 66.9 cm³/mol. The number of hydrogen-bond acceptors (Lipinski definition) is 3. The van der Waals surface area contributed by atoms with Gasteiger partial charge >= 0.3 is 0 Å². The van der Waals surface area contributed by atoms with Gasteiger partial charge in [-0.2, -0.15) is 0 Å². The Hall–Kier alpha value is -0.130. The van der Waals surface area contributed by atoms with Crippen LogP contribution in [0.25, 0.3) is 0 Å². The van der Waals surface area contributed by atoms with E-state index in [9.17, 15) is 8.42 Å². The molecule has 2 atom stereocenters. The average Bonchev–Trinajstić information content (AvgIpc) is 2.21. The molecule has 96 valence electrons. The largest absolute Gasteiger partial charge is 0.320 e. The molecule has 0 aliphatic heterocycles. The van der Waals surface area contributed by atoms with Crippen molar-refractivity contribution in [1.29, 1.82) is 0 Å². The Balaban J connectivity index is 2.38. The Bertz CT molecular complexity index is 290. The first-order valence-corrected chi connectivity index (χ1v) is 7.85. The predicted octanol–water partition coefficient (Wildman–Crippen LogP) is 1.09. The molecule has 0 aromatic carbocycles. The highest BCUT2D eigenvalue weighted by Gasteiger charge is 2.25. The number of rotatable bonds is 6. The van der Waals surface area contributed by atoms with E-state index in [4.69, 9.17) is 0 Å². The van der Waals surface area contributed by atoms with Crippen molar-refractivity contribution >= 4 is 10.0 Å². The van der Waals surface area contributed by atoms with Crippen LogP contribution in [0, 0.1) is 5.92 Å². The summed E-state index contributed by atoms with van der Waals surface area (Å²) < 4.78 is 26.4. The molecule has 0 aromatic heterocycles. The summed E-state index contributed by atoms with van der Waals surface area (Å²) in [4.78, 5) is 0. The highest BCUT2D eigenvalue weighted by molar-refractivity contribution is 7.89. The van der Waals surface area contributed by atoms with Gasteiger partial charge in [-0.05, 0) is 38.8 Å². The fourth-order valence-electron chi connectivity index (χ4n) is 2.22. The quantitative estimate of drug-likeness (QED) is 0.692. The molecule has 1 aliphatic rings. The van der Waals surface area contributed by atoms with Crippen LogP contribution in [0.2, 0.25) is 0 Å². The Labute approximate surface area is 99.2 Å². The van der Waals surface area contributed by atoms with Gasteiger partial charge in [0.1, 0.15) is 0 Å². The Kier molecular flexibility index (Phi) is 5.72. The lowest BCUT2D eigenvalue weighted by Gasteiger charge is -2.29. The van der Waals surface area contributed by atoms with Crippen molar-refractivity contribution in [2.45, 2.75) is 45.1 Å². The van der Waals surface area contributed by atoms with Crippen LogP contribution in [0.3, 0.4) is 0 Å². The van der Waals surface area contributed by atoms with E-state index in [1.54, 1.807) is 0 Å². The Morgan fingerprint density at radius 1 is 1.25 bits per heavy atom. The summed E-state index contributed by atoms with van der Waals surface area (Å²) in [5.74, 6) is 0.713. The summed E-state index contributed by atoms with van der Waals surface area (Å²) in [6.45, 7) is 2.89. The number of nitrogens with one attached hydrogen (secondary N) is 2. The Morgan fingerprint density at radius 2 is 1.94 bits per heavy atom. The molecule has 0 aromatic rings. The van der Waals surface area contributed by atoms with Gasteiger partial charge < -0.3 is 5.32 Å². The van der Waals surface area contributed by atoms with Crippen LogP contribution >= 0.6 is 0 Å². The second kappa shape index (κ2) is 6.57. The zero-order valence-electron chi connectivity index (χ0n) is 10.3. The molecule has 0 bridgehead atoms. The third kappa shape index (κ3) is 4.80. The smallest absolute Gasteiger partial charge is 0.211 e. The average molecular weight is 248 g/mol. The molecule has 1 aliphatic carbocycles. The van der Waals surface area contributed by atoms with Crippen molar-refractivity contribution in [2.24, 2.45) is 5.92 Å². The summed E-state index contributed by atoms with van der Waals surface area (Å²) in [7, 11) is -1.24. The zero-order valence-corrected chi connectivity index (χ0v) is 11.1. The molecule has 2 N–H and O–H groups in total. The van der Waals surface area contributed by atoms with Crippen molar-refractivity contribution in [2.75, 3.05) is 19.3 Å². The molecule has 0 radical (unpaired) electrons. The van der Waals surface area contributed by atoms with Crippen LogP contribution in [0.1, 0.15) is 39.0 Å². The van der Waals surface area contributed by atoms with E-state index in [-0.39, 0.29) is 11.8 Å². The molecule has 0 spiro atoms. The van der Waals surface area contributed by atoms with E-state index in [1.165, 1.54) is 6.42 Å². The van der Waals surface area contributed by atoms with Gasteiger partial charge in [0.25, 0.3) is 0 Å². The lowest BCUT2D eigenvalue weighted by Crippen LogP contribution is -2.42. The highest BCUT2D eigenvalue weighted by atomic mass is 32.2. The molecule has 5 heteroatoms. The van der Waals surface area contributed by atoms with Gasteiger partial charge in [-0.1, -0.05) is 19.8 Å². The van der Waals surface area contributed by atoms with Gasteiger partial charge in [-0.15, -0.1) is 0 Å². The first kappa shape index (κ1) is 13.9. The number of hydrogen-bond donors (Lipinski definition) is 2. The maximum Gasteiger partial charge on any atom is 0.211 e. The van der Waals surface area contributed by atoms with Crippen LogP contribution in [0.15, 0.2) is 0 Å². The van der Waals surface area contributed by atoms with Gasteiger partial charge in [0.2, 0.25) is 10.0 Å². The standard InChI is InChI=1S/C11H24N2O2S/c1-10-6-3-4-7-11(10)13-16(14,15)9-5-8-12-2/h10-13H,3-9H2,1-2H3. The molecule has 1 fully saturated rings. The molecule has 16 heavy (non-hydrogen) atoms. The highest BCUT2D eigenvalue weighted by Crippen LogP contribution is 2.24. The second-order valence-electron chi connectivity index (χ2n) is 4.76. The summed E-state index contributed by atoms with van der Waals surface area (Å²) >= 11 is 0. The van der Waals surface area contributed by atoms with Crippen LogP contribution in [-0.2, 0) is 10.0 Å². The first-order chi connectivity index (χ1) is 7.55. The topological polar surface area (TPSA) is 58.2 Å². The van der Waals surface area contributed by atoms with Crippen molar-refractivity contribution in [1.82, 2.24) is 10.0 Å². The van der Waals surface area contributed by atoms with Crippen molar-refractivity contribution in [3.63, 3.8) is 0 Å². The molecular weight excluding hydrogens is 224 g/mol. The van der Waals surface area contributed by atoms with E-state index in [0.717, 1.165) is 25.8 Å². The lowest BCUT2D eigenvalue weighted by atomic mass is 9.87. The van der Waals surface area contributed by atoms with Crippen LogP contribution in [0.4, 0.5) is 0 Å². The molecule has 0 saturated heterocycles. The summed E-state index contributed by atoms with van der Waals surface area (Å²) in [5.41, 5.74) is 0. The van der Waals surface area contributed by atoms with Gasteiger partial charge in [0.05, 0.1) is 5.75 Å². The SMILES string of the molecule is CNCCCS(=O)(=O)NC1CCCCC1C. The number of sulfonamides is 1. The van der Waals surface area contributed by atoms with Gasteiger partial charge in [0, 0.05) is 6.04 Å². The minimum Gasteiger partial charge on any atom is -0.320 e. The lowest BCUT2D eigenvalue weighted by molar-refractivity contribution is 0.310. The minimum absolute atomic E-state index is 0.160. The third-order valence-corrected chi connectivity index (χ3v) is 4.77. The van der Waals surface area contributed by atoms with Crippen LogP contribution < -0.4 is 10.0 Å². The maximum atomic E-state index is 11.8. The van der Waals surface area contributed by atoms with Gasteiger partial charge in [-0.25, -0.2) is 13.1 Å². The fraction of sp³-hybridized carbons (Fsp3) is 1.00. The van der Waals surface area contributed by atoms with E-state index >= 15 is 0 Å². The molecule has 0 amide bonds. The molecule has 1 saturated carbocycles. The summed E-state index contributed by atoms with van der Waals surface area (Å²) in [6, 6.07) is 0.160. The first-order valence-electron chi connectivity index (χ1n) is 6.20. The molecule has 1 rings (SSSR count). The Morgan fingerprint density at radius 3 is 2.56 bits per heavy atom. The van der Waals surface area contributed by atoms with E-state index in [2.05, 4.69) is 17.0 Å². The van der Waals surface area contributed by atoms with Gasteiger partial charge in [-0.3, -0.25) is 0 Å². The van der Waals surface area contributed by atoms with E-state index in [0.29, 0.717) is 12.3 Å². The van der Waals surface area contributed by atoms with Crippen molar-refractivity contribution in [3.05, 3.63) is 0 Å². The van der Waals surface area contributed by atoms with E-state index < -0.39 is 10.0 Å². The molecule has 2 unspecified atom stereocenters. The summed E-state index contributed by atoms with van der Waals surface area (Å²) in [5, 5.41) is 2.96. The van der Waals surface area contributed by atoms with Crippen LogP contribution in [-0.4, -0.2) is 33.8 Å². The zero-order chi connectivity index (χ0) is 12.0. The third-order valence-electron chi connectivity index (χ3n) is 3.28. The molecular formula is C11H24N2O2S. The van der Waals surface area contributed by atoms with E-state index in [1.807, 2.05) is 7.05 Å². The minimum atomic E-state index is -3.08. The summed E-state index contributed by atoms with van der Waals surface area (Å²) in [6.07, 6.45) is 5.19. The van der Waals surface area contributed by atoms with Gasteiger partial charge in [0.15, 0.2) is 0 Å². The second-order valence-corrected chi connectivity index (χ2v) is 6.64. The van der Waals surface area contributed by atoms with Crippen LogP contribution in [0.5, 0.6) is 0 Å². The molecule has 4 nitrogen and oxygen atoms in total.